The van der Waals surface area contributed by atoms with Crippen LogP contribution in [0.3, 0.4) is 0 Å². The highest BCUT2D eigenvalue weighted by atomic mass is 16.5. The molecule has 1 aliphatic rings. The Morgan fingerprint density at radius 3 is 3.22 bits per heavy atom. The molecular formula is C7H10NO. The predicted molar refractivity (Wildman–Crippen MR) is 36.1 cm³/mol. The number of likely N-dealkylation sites (N-methyl/N-ethyl adjacent to an activating group) is 1. The molecule has 0 spiro atoms. The Bertz CT molecular complexity index is 138. The first-order valence-corrected chi connectivity index (χ1v) is 2.96. The molecule has 1 aliphatic heterocycles. The molecule has 0 aliphatic carbocycles. The SMILES string of the molecule is C[N]CC1=CCOC=C1. The molecule has 0 bridgehead atoms. The first-order chi connectivity index (χ1) is 4.43. The molecule has 0 aromatic carbocycles. The first kappa shape index (κ1) is 6.36. The average Bonchev–Trinajstić information content (AvgIpc) is 1.91. The van der Waals surface area contributed by atoms with E-state index in [-0.39, 0.29) is 0 Å². The van der Waals surface area contributed by atoms with Gasteiger partial charge in [0.05, 0.1) is 6.26 Å². The van der Waals surface area contributed by atoms with Crippen LogP contribution in [0.1, 0.15) is 0 Å². The minimum Gasteiger partial charge on any atom is -0.497 e. The lowest BCUT2D eigenvalue weighted by molar-refractivity contribution is 0.284. The van der Waals surface area contributed by atoms with Gasteiger partial charge in [0.15, 0.2) is 0 Å². The second-order valence-corrected chi connectivity index (χ2v) is 1.89. The van der Waals surface area contributed by atoms with Crippen LogP contribution < -0.4 is 5.32 Å². The molecule has 0 aromatic heterocycles. The van der Waals surface area contributed by atoms with Gasteiger partial charge in [-0.15, -0.1) is 0 Å². The number of hydrogen-bond donors (Lipinski definition) is 0. The van der Waals surface area contributed by atoms with Gasteiger partial charge in [0.25, 0.3) is 0 Å². The summed E-state index contributed by atoms with van der Waals surface area (Å²) >= 11 is 0. The molecule has 0 fully saturated rings. The van der Waals surface area contributed by atoms with E-state index in [0.717, 1.165) is 6.54 Å². The third-order valence-corrected chi connectivity index (χ3v) is 1.16. The van der Waals surface area contributed by atoms with Crippen LogP contribution in [0.4, 0.5) is 0 Å². The predicted octanol–water partition coefficient (Wildman–Crippen LogP) is 0.691. The minimum atomic E-state index is 0.696. The summed E-state index contributed by atoms with van der Waals surface area (Å²) < 4.78 is 4.95. The fourth-order valence-electron chi connectivity index (χ4n) is 0.714. The molecule has 0 saturated carbocycles. The zero-order chi connectivity index (χ0) is 6.53. The van der Waals surface area contributed by atoms with E-state index in [4.69, 9.17) is 4.74 Å². The molecular weight excluding hydrogens is 114 g/mol. The van der Waals surface area contributed by atoms with Crippen LogP contribution in [0.5, 0.6) is 0 Å². The maximum Gasteiger partial charge on any atom is 0.106 e. The van der Waals surface area contributed by atoms with E-state index in [2.05, 4.69) is 5.32 Å². The highest BCUT2D eigenvalue weighted by molar-refractivity contribution is 5.20. The third kappa shape index (κ3) is 1.90. The maximum absolute atomic E-state index is 4.95. The summed E-state index contributed by atoms with van der Waals surface area (Å²) in [5.41, 5.74) is 1.24. The molecule has 0 amide bonds. The van der Waals surface area contributed by atoms with E-state index in [1.807, 2.05) is 19.2 Å². The molecule has 1 heterocycles. The van der Waals surface area contributed by atoms with Crippen molar-refractivity contribution >= 4 is 0 Å². The molecule has 0 saturated heterocycles. The molecule has 2 nitrogen and oxygen atoms in total. The molecule has 0 N–H and O–H groups in total. The molecule has 0 aromatic rings. The van der Waals surface area contributed by atoms with Crippen LogP contribution >= 0.6 is 0 Å². The fourth-order valence-corrected chi connectivity index (χ4v) is 0.714. The highest BCUT2D eigenvalue weighted by Crippen LogP contribution is 2.01. The van der Waals surface area contributed by atoms with Crippen molar-refractivity contribution in [1.82, 2.24) is 5.32 Å². The quantitative estimate of drug-likeness (QED) is 0.531. The van der Waals surface area contributed by atoms with Crippen molar-refractivity contribution in [1.29, 1.82) is 0 Å². The summed E-state index contributed by atoms with van der Waals surface area (Å²) in [7, 11) is 1.81. The van der Waals surface area contributed by atoms with Crippen LogP contribution in [0, 0.1) is 0 Å². The number of rotatable bonds is 2. The van der Waals surface area contributed by atoms with Gasteiger partial charge in [-0.05, 0) is 17.7 Å². The summed E-state index contributed by atoms with van der Waals surface area (Å²) in [5.74, 6) is 0. The lowest BCUT2D eigenvalue weighted by Gasteiger charge is -2.05. The number of nitrogens with zero attached hydrogens (tertiary/aromatic N) is 1. The first-order valence-electron chi connectivity index (χ1n) is 2.96. The molecule has 0 unspecified atom stereocenters. The summed E-state index contributed by atoms with van der Waals surface area (Å²) in [6.07, 6.45) is 5.68. The van der Waals surface area contributed by atoms with Gasteiger partial charge >= 0.3 is 0 Å². The topological polar surface area (TPSA) is 23.3 Å². The van der Waals surface area contributed by atoms with Gasteiger partial charge in [-0.1, -0.05) is 0 Å². The van der Waals surface area contributed by atoms with Crippen LogP contribution in [0.15, 0.2) is 24.0 Å². The van der Waals surface area contributed by atoms with Gasteiger partial charge in [0.1, 0.15) is 6.61 Å². The number of ether oxygens (including phenoxy) is 1. The van der Waals surface area contributed by atoms with Crippen LogP contribution in [0.25, 0.3) is 0 Å². The summed E-state index contributed by atoms with van der Waals surface area (Å²) in [6.45, 7) is 1.50. The molecule has 1 radical (unpaired) electrons. The lowest BCUT2D eigenvalue weighted by Crippen LogP contribution is -2.04. The number of hydrogen-bond acceptors (Lipinski definition) is 1. The average molecular weight is 124 g/mol. The fraction of sp³-hybridized carbons (Fsp3) is 0.429. The Morgan fingerprint density at radius 1 is 1.78 bits per heavy atom. The standard InChI is InChI=1S/C7H10NO/c1-8-6-7-2-4-9-5-3-7/h2-4H,5-6H2,1H3. The van der Waals surface area contributed by atoms with Crippen molar-refractivity contribution in [3.05, 3.63) is 24.0 Å². The van der Waals surface area contributed by atoms with E-state index in [1.54, 1.807) is 6.26 Å². The van der Waals surface area contributed by atoms with Crippen LogP contribution in [-0.4, -0.2) is 20.2 Å². The molecule has 49 valence electrons. The van der Waals surface area contributed by atoms with E-state index in [1.165, 1.54) is 5.57 Å². The van der Waals surface area contributed by atoms with E-state index in [9.17, 15) is 0 Å². The zero-order valence-electron chi connectivity index (χ0n) is 5.50. The Hall–Kier alpha value is -0.760. The maximum atomic E-state index is 4.95. The normalized spacial score (nSPS) is 16.8. The van der Waals surface area contributed by atoms with Crippen molar-refractivity contribution < 1.29 is 4.74 Å². The summed E-state index contributed by atoms with van der Waals surface area (Å²) in [4.78, 5) is 0. The highest BCUT2D eigenvalue weighted by Gasteiger charge is 1.94. The van der Waals surface area contributed by atoms with Crippen LogP contribution in [0.2, 0.25) is 0 Å². The van der Waals surface area contributed by atoms with E-state index >= 15 is 0 Å². The zero-order valence-corrected chi connectivity index (χ0v) is 5.50. The van der Waals surface area contributed by atoms with Gasteiger partial charge in [-0.2, -0.15) is 0 Å². The van der Waals surface area contributed by atoms with Gasteiger partial charge in [-0.25, -0.2) is 5.32 Å². The van der Waals surface area contributed by atoms with Gasteiger partial charge in [0, 0.05) is 13.6 Å². The summed E-state index contributed by atoms with van der Waals surface area (Å²) in [6, 6.07) is 0. The van der Waals surface area contributed by atoms with Crippen molar-refractivity contribution in [2.24, 2.45) is 0 Å². The Balaban J connectivity index is 2.38. The van der Waals surface area contributed by atoms with Gasteiger partial charge in [-0.3, -0.25) is 0 Å². The monoisotopic (exact) mass is 124 g/mol. The van der Waals surface area contributed by atoms with Crippen molar-refractivity contribution in [3.63, 3.8) is 0 Å². The Labute approximate surface area is 55.2 Å². The largest absolute Gasteiger partial charge is 0.497 e. The third-order valence-electron chi connectivity index (χ3n) is 1.16. The molecule has 0 atom stereocenters. The van der Waals surface area contributed by atoms with Crippen LogP contribution in [-0.2, 0) is 4.74 Å². The molecule has 9 heavy (non-hydrogen) atoms. The Morgan fingerprint density at radius 2 is 2.67 bits per heavy atom. The van der Waals surface area contributed by atoms with Crippen molar-refractivity contribution in [2.75, 3.05) is 20.2 Å². The Kier molecular flexibility index (Phi) is 2.33. The lowest BCUT2D eigenvalue weighted by atomic mass is 10.2. The minimum absolute atomic E-state index is 0.696. The smallest absolute Gasteiger partial charge is 0.106 e. The van der Waals surface area contributed by atoms with Gasteiger partial charge in [0.2, 0.25) is 0 Å². The van der Waals surface area contributed by atoms with Crippen molar-refractivity contribution in [3.8, 4) is 0 Å². The summed E-state index contributed by atoms with van der Waals surface area (Å²) in [5, 5.41) is 3.98. The van der Waals surface area contributed by atoms with E-state index < -0.39 is 0 Å². The van der Waals surface area contributed by atoms with Gasteiger partial charge < -0.3 is 4.74 Å². The molecule has 1 rings (SSSR count). The molecule has 2 heteroatoms. The van der Waals surface area contributed by atoms with Crippen molar-refractivity contribution in [2.45, 2.75) is 0 Å². The second-order valence-electron chi connectivity index (χ2n) is 1.89. The second kappa shape index (κ2) is 3.30. The van der Waals surface area contributed by atoms with E-state index in [0.29, 0.717) is 6.61 Å².